The van der Waals surface area contributed by atoms with Crippen LogP contribution in [0.15, 0.2) is 89.3 Å². The van der Waals surface area contributed by atoms with Gasteiger partial charge in [-0.15, -0.1) is 17.9 Å². The van der Waals surface area contributed by atoms with Gasteiger partial charge in [0.05, 0.1) is 17.2 Å². The summed E-state index contributed by atoms with van der Waals surface area (Å²) in [5, 5.41) is 4.30. The number of carbonyl (C=O) groups excluding carboxylic acids is 1. The van der Waals surface area contributed by atoms with Crippen LogP contribution in [0, 0.1) is 0 Å². The maximum atomic E-state index is 13.0. The molecule has 4 rings (SSSR count). The van der Waals surface area contributed by atoms with E-state index in [9.17, 15) is 9.59 Å². The Morgan fingerprint density at radius 1 is 1.15 bits per heavy atom. The van der Waals surface area contributed by atoms with Crippen molar-refractivity contribution in [2.75, 3.05) is 5.75 Å². The number of benzene rings is 2. The van der Waals surface area contributed by atoms with E-state index in [0.29, 0.717) is 21.9 Å². The van der Waals surface area contributed by atoms with Crippen molar-refractivity contribution in [1.82, 2.24) is 14.9 Å². The van der Waals surface area contributed by atoms with E-state index in [2.05, 4.69) is 18.8 Å². The molecule has 0 fully saturated rings. The Morgan fingerprint density at radius 3 is 2.36 bits per heavy atom. The number of carbonyl (C=O) groups is 1. The van der Waals surface area contributed by atoms with Crippen molar-refractivity contribution < 1.29 is 4.79 Å². The van der Waals surface area contributed by atoms with Gasteiger partial charge >= 0.3 is 0 Å². The van der Waals surface area contributed by atoms with Crippen molar-refractivity contribution in [3.8, 4) is 0 Å². The Morgan fingerprint density at radius 2 is 1.79 bits per heavy atom. The van der Waals surface area contributed by atoms with Gasteiger partial charge in [-0.05, 0) is 23.6 Å². The summed E-state index contributed by atoms with van der Waals surface area (Å²) in [4.78, 5) is 32.5. The number of nitrogens with zero attached hydrogens (tertiary/aromatic N) is 2. The number of rotatable bonds is 9. The Kier molecular flexibility index (Phi) is 7.42. The minimum absolute atomic E-state index is 0.0924. The molecule has 0 saturated carbocycles. The number of nitrogens with one attached hydrogen (secondary N) is 1. The van der Waals surface area contributed by atoms with Crippen LogP contribution in [0.1, 0.15) is 29.0 Å². The molecule has 0 unspecified atom stereocenters. The van der Waals surface area contributed by atoms with Crippen LogP contribution in [-0.4, -0.2) is 21.2 Å². The molecule has 0 aliphatic heterocycles. The van der Waals surface area contributed by atoms with Gasteiger partial charge in [0.25, 0.3) is 5.56 Å². The number of amides is 1. The quantitative estimate of drug-likeness (QED) is 0.205. The van der Waals surface area contributed by atoms with Gasteiger partial charge in [-0.2, -0.15) is 0 Å². The van der Waals surface area contributed by atoms with Crippen LogP contribution in [0.2, 0.25) is 0 Å². The minimum atomic E-state index is -0.254. The van der Waals surface area contributed by atoms with Crippen LogP contribution in [0.4, 0.5) is 0 Å². The molecule has 0 spiro atoms. The number of aryl methyl sites for hydroxylation is 1. The second kappa shape index (κ2) is 10.6. The number of allylic oxidation sites excluding steroid dienone is 1. The summed E-state index contributed by atoms with van der Waals surface area (Å²) in [5.41, 5.74) is 1.93. The van der Waals surface area contributed by atoms with E-state index < -0.39 is 0 Å². The lowest BCUT2D eigenvalue weighted by Crippen LogP contribution is -2.31. The summed E-state index contributed by atoms with van der Waals surface area (Å²) in [6, 6.07) is 21.4. The normalized spacial score (nSPS) is 11.1. The highest BCUT2D eigenvalue weighted by Crippen LogP contribution is 2.26. The molecule has 2 aromatic heterocycles. The van der Waals surface area contributed by atoms with Gasteiger partial charge in [0.1, 0.15) is 4.83 Å². The fourth-order valence-electron chi connectivity index (χ4n) is 3.60. The highest BCUT2D eigenvalue weighted by Gasteiger charge is 2.19. The molecule has 1 N–H and O–H groups in total. The molecule has 1 amide bonds. The van der Waals surface area contributed by atoms with Crippen molar-refractivity contribution in [3.05, 3.63) is 106 Å². The van der Waals surface area contributed by atoms with Crippen molar-refractivity contribution in [2.24, 2.45) is 0 Å². The average Bonchev–Trinajstić information content (AvgIpc) is 3.28. The van der Waals surface area contributed by atoms with Gasteiger partial charge in [-0.1, -0.05) is 85.4 Å². The van der Waals surface area contributed by atoms with Crippen molar-refractivity contribution in [2.45, 2.75) is 31.1 Å². The number of aromatic nitrogens is 2. The third-order valence-electron chi connectivity index (χ3n) is 5.23. The molecule has 168 valence electrons. The van der Waals surface area contributed by atoms with Crippen LogP contribution in [0.3, 0.4) is 0 Å². The number of hydrogen-bond acceptors (Lipinski definition) is 5. The van der Waals surface area contributed by atoms with Gasteiger partial charge in [0.2, 0.25) is 5.91 Å². The highest BCUT2D eigenvalue weighted by atomic mass is 32.2. The zero-order valence-corrected chi connectivity index (χ0v) is 20.0. The lowest BCUT2D eigenvalue weighted by atomic mass is 9.99. The molecule has 2 aromatic carbocycles. The summed E-state index contributed by atoms with van der Waals surface area (Å²) in [6.07, 6.45) is 2.53. The summed E-state index contributed by atoms with van der Waals surface area (Å²) in [7, 11) is 0. The zero-order chi connectivity index (χ0) is 23.2. The first-order chi connectivity index (χ1) is 16.1. The molecule has 5 nitrogen and oxygen atoms in total. The smallest absolute Gasteiger partial charge is 0.263 e. The van der Waals surface area contributed by atoms with E-state index in [1.54, 1.807) is 10.6 Å². The number of thioether (sulfide) groups is 1. The van der Waals surface area contributed by atoms with Gasteiger partial charge in [0.15, 0.2) is 5.16 Å². The molecular formula is C26H25N3O2S2. The van der Waals surface area contributed by atoms with Gasteiger partial charge in [-0.25, -0.2) is 4.98 Å². The Hall–Kier alpha value is -3.16. The first kappa shape index (κ1) is 23.0. The number of hydrogen-bond donors (Lipinski definition) is 1. The predicted octanol–water partition coefficient (Wildman–Crippen LogP) is 5.20. The van der Waals surface area contributed by atoms with E-state index in [0.717, 1.165) is 22.4 Å². The molecule has 0 saturated heterocycles. The minimum Gasteiger partial charge on any atom is -0.344 e. The highest BCUT2D eigenvalue weighted by molar-refractivity contribution is 7.99. The molecular weight excluding hydrogens is 450 g/mol. The van der Waals surface area contributed by atoms with Crippen molar-refractivity contribution >= 4 is 39.2 Å². The molecule has 4 aromatic rings. The Labute approximate surface area is 201 Å². The third kappa shape index (κ3) is 5.26. The van der Waals surface area contributed by atoms with Crippen LogP contribution in [-0.2, 0) is 17.8 Å². The lowest BCUT2D eigenvalue weighted by molar-refractivity contribution is -0.119. The topological polar surface area (TPSA) is 64.0 Å². The zero-order valence-electron chi connectivity index (χ0n) is 18.4. The average molecular weight is 476 g/mol. The predicted molar refractivity (Wildman–Crippen MR) is 137 cm³/mol. The molecule has 0 atom stereocenters. The fourth-order valence-corrected chi connectivity index (χ4v) is 5.43. The van der Waals surface area contributed by atoms with Crippen LogP contribution < -0.4 is 10.9 Å². The van der Waals surface area contributed by atoms with Crippen molar-refractivity contribution in [3.63, 3.8) is 0 Å². The fraction of sp³-hybridized carbons (Fsp3) is 0.192. The van der Waals surface area contributed by atoms with E-state index >= 15 is 0 Å². The summed E-state index contributed by atoms with van der Waals surface area (Å²) in [6.45, 7) is 6.17. The summed E-state index contributed by atoms with van der Waals surface area (Å²) < 4.78 is 1.59. The maximum Gasteiger partial charge on any atom is 0.263 e. The van der Waals surface area contributed by atoms with Crippen molar-refractivity contribution in [1.29, 1.82) is 0 Å². The maximum absolute atomic E-state index is 13.0. The van der Waals surface area contributed by atoms with Crippen LogP contribution >= 0.6 is 23.1 Å². The molecule has 2 heterocycles. The second-order valence-corrected chi connectivity index (χ2v) is 9.55. The van der Waals surface area contributed by atoms with E-state index in [-0.39, 0.29) is 23.3 Å². The first-order valence-electron chi connectivity index (χ1n) is 10.8. The standard InChI is InChI=1S/C26H25N3O2S2/c1-3-15-29-25(31)21-16-20(4-2)33-24(21)28-26(29)32-17-22(30)27-23(18-11-7-5-8-12-18)19-13-9-6-10-14-19/h3,5-14,16,23H,1,4,15,17H2,2H3,(H,27,30). The largest absolute Gasteiger partial charge is 0.344 e. The van der Waals surface area contributed by atoms with E-state index in [1.165, 1.54) is 23.1 Å². The van der Waals surface area contributed by atoms with E-state index in [4.69, 9.17) is 4.98 Å². The monoisotopic (exact) mass is 475 g/mol. The SMILES string of the molecule is C=CCn1c(SCC(=O)NC(c2ccccc2)c2ccccc2)nc2sc(CC)cc2c1=O. The third-order valence-corrected chi connectivity index (χ3v) is 7.38. The molecule has 0 aliphatic rings. The lowest BCUT2D eigenvalue weighted by Gasteiger charge is -2.20. The van der Waals surface area contributed by atoms with Crippen LogP contribution in [0.5, 0.6) is 0 Å². The van der Waals surface area contributed by atoms with Crippen LogP contribution in [0.25, 0.3) is 10.2 Å². The second-order valence-electron chi connectivity index (χ2n) is 7.49. The van der Waals surface area contributed by atoms with E-state index in [1.807, 2.05) is 66.7 Å². The molecule has 33 heavy (non-hydrogen) atoms. The Balaban J connectivity index is 1.57. The Bertz CT molecular complexity index is 1270. The molecule has 0 bridgehead atoms. The summed E-state index contributed by atoms with van der Waals surface area (Å²) >= 11 is 2.80. The number of thiophene rings is 1. The number of fused-ring (bicyclic) bond motifs is 1. The van der Waals surface area contributed by atoms with Gasteiger partial charge in [0, 0.05) is 11.4 Å². The van der Waals surface area contributed by atoms with Gasteiger partial charge in [-0.3, -0.25) is 14.2 Å². The molecule has 0 aliphatic carbocycles. The first-order valence-corrected chi connectivity index (χ1v) is 12.6. The van der Waals surface area contributed by atoms with Gasteiger partial charge < -0.3 is 5.32 Å². The molecule has 0 radical (unpaired) electrons. The molecule has 7 heteroatoms. The summed E-state index contributed by atoms with van der Waals surface area (Å²) in [5.74, 6) is 0.0229.